The number of rotatable bonds is 8. The minimum absolute atomic E-state index is 0.165. The lowest BCUT2D eigenvalue weighted by Crippen LogP contribution is -2.47. The van der Waals surface area contributed by atoms with E-state index in [0.717, 1.165) is 38.3 Å². The Morgan fingerprint density at radius 1 is 1.10 bits per heavy atom. The lowest BCUT2D eigenvalue weighted by atomic mass is 10.2. The number of para-hydroxylation sites is 1. The average Bonchev–Trinajstić information content (AvgIpc) is 2.72. The standard InChI is InChI=1S/C21H28FN3O3S/c1-17-8-9-20(28-2)21(16-17)29(26,27)23-10-5-11-24-12-14-25(15-13-24)19-7-4-3-6-18(19)22/h3-4,6-9,16,23H,5,10-15H2,1-2H3. The fourth-order valence-corrected chi connectivity index (χ4v) is 4.83. The van der Waals surface area contributed by atoms with Crippen LogP contribution >= 0.6 is 0 Å². The molecule has 0 bridgehead atoms. The first-order valence-electron chi connectivity index (χ1n) is 9.77. The molecule has 0 amide bonds. The summed E-state index contributed by atoms with van der Waals surface area (Å²) in [5, 5.41) is 0. The number of anilines is 1. The minimum atomic E-state index is -3.62. The van der Waals surface area contributed by atoms with Crippen LogP contribution in [0, 0.1) is 12.7 Å². The molecule has 1 heterocycles. The minimum Gasteiger partial charge on any atom is -0.495 e. The van der Waals surface area contributed by atoms with Crippen molar-refractivity contribution in [3.05, 3.63) is 53.8 Å². The van der Waals surface area contributed by atoms with Crippen molar-refractivity contribution in [1.82, 2.24) is 9.62 Å². The van der Waals surface area contributed by atoms with Crippen LogP contribution in [0.15, 0.2) is 47.4 Å². The summed E-state index contributed by atoms with van der Waals surface area (Å²) in [6.45, 7) is 6.16. The Kier molecular flexibility index (Phi) is 7.10. The van der Waals surface area contributed by atoms with Crippen LogP contribution in [0.4, 0.5) is 10.1 Å². The largest absolute Gasteiger partial charge is 0.495 e. The second kappa shape index (κ2) is 9.56. The van der Waals surface area contributed by atoms with E-state index in [-0.39, 0.29) is 10.7 Å². The number of nitrogens with zero attached hydrogens (tertiary/aromatic N) is 2. The van der Waals surface area contributed by atoms with Crippen LogP contribution in [0.1, 0.15) is 12.0 Å². The highest BCUT2D eigenvalue weighted by Gasteiger charge is 2.21. The van der Waals surface area contributed by atoms with Crippen LogP contribution in [-0.4, -0.2) is 59.7 Å². The van der Waals surface area contributed by atoms with Crippen LogP contribution < -0.4 is 14.4 Å². The molecule has 158 valence electrons. The van der Waals surface area contributed by atoms with Gasteiger partial charge in [-0.05, 0) is 49.7 Å². The summed E-state index contributed by atoms with van der Waals surface area (Å²) in [5.41, 5.74) is 1.51. The maximum absolute atomic E-state index is 13.9. The van der Waals surface area contributed by atoms with Crippen molar-refractivity contribution in [2.45, 2.75) is 18.2 Å². The quantitative estimate of drug-likeness (QED) is 0.664. The summed E-state index contributed by atoms with van der Waals surface area (Å²) in [4.78, 5) is 4.50. The van der Waals surface area contributed by atoms with E-state index in [1.54, 1.807) is 24.3 Å². The zero-order chi connectivity index (χ0) is 20.9. The molecule has 0 unspecified atom stereocenters. The second-order valence-corrected chi connectivity index (χ2v) is 8.92. The first-order valence-corrected chi connectivity index (χ1v) is 11.2. The molecule has 1 N–H and O–H groups in total. The smallest absolute Gasteiger partial charge is 0.244 e. The summed E-state index contributed by atoms with van der Waals surface area (Å²) >= 11 is 0. The van der Waals surface area contributed by atoms with E-state index in [1.807, 2.05) is 19.1 Å². The van der Waals surface area contributed by atoms with Gasteiger partial charge in [0.2, 0.25) is 10.0 Å². The number of nitrogens with one attached hydrogen (secondary N) is 1. The lowest BCUT2D eigenvalue weighted by molar-refractivity contribution is 0.255. The van der Waals surface area contributed by atoms with Gasteiger partial charge in [0.25, 0.3) is 0 Å². The molecule has 1 saturated heterocycles. The highest BCUT2D eigenvalue weighted by Crippen LogP contribution is 2.24. The predicted molar refractivity (Wildman–Crippen MR) is 113 cm³/mol. The molecule has 0 aromatic heterocycles. The number of ether oxygens (including phenoxy) is 1. The predicted octanol–water partition coefficient (Wildman–Crippen LogP) is 2.63. The van der Waals surface area contributed by atoms with Crippen LogP contribution in [0.3, 0.4) is 0 Å². The SMILES string of the molecule is COc1ccc(C)cc1S(=O)(=O)NCCCN1CCN(c2ccccc2F)CC1. The molecular weight excluding hydrogens is 393 g/mol. The summed E-state index contributed by atoms with van der Waals surface area (Å²) in [5.74, 6) is 0.147. The zero-order valence-electron chi connectivity index (χ0n) is 16.9. The molecule has 6 nitrogen and oxygen atoms in total. The Balaban J connectivity index is 1.46. The number of methoxy groups -OCH3 is 1. The molecule has 0 spiro atoms. The Labute approximate surface area is 172 Å². The van der Waals surface area contributed by atoms with Crippen molar-refractivity contribution in [3.8, 4) is 5.75 Å². The number of piperazine rings is 1. The van der Waals surface area contributed by atoms with E-state index >= 15 is 0 Å². The number of halogens is 1. The van der Waals surface area contributed by atoms with Gasteiger partial charge in [0.1, 0.15) is 16.5 Å². The van der Waals surface area contributed by atoms with Crippen molar-refractivity contribution < 1.29 is 17.5 Å². The molecule has 1 fully saturated rings. The number of sulfonamides is 1. The van der Waals surface area contributed by atoms with Gasteiger partial charge in [-0.15, -0.1) is 0 Å². The third-order valence-corrected chi connectivity index (χ3v) is 6.60. The van der Waals surface area contributed by atoms with Crippen LogP contribution in [-0.2, 0) is 10.0 Å². The van der Waals surface area contributed by atoms with Gasteiger partial charge in [-0.1, -0.05) is 18.2 Å². The summed E-state index contributed by atoms with van der Waals surface area (Å²) in [6, 6.07) is 11.9. The van der Waals surface area contributed by atoms with Crippen LogP contribution in [0.5, 0.6) is 5.75 Å². The van der Waals surface area contributed by atoms with Crippen molar-refractivity contribution in [2.24, 2.45) is 0 Å². The van der Waals surface area contributed by atoms with E-state index < -0.39 is 10.0 Å². The summed E-state index contributed by atoms with van der Waals surface area (Å²) in [7, 11) is -2.16. The molecule has 1 aliphatic heterocycles. The van der Waals surface area contributed by atoms with Crippen LogP contribution in [0.2, 0.25) is 0 Å². The zero-order valence-corrected chi connectivity index (χ0v) is 17.7. The normalized spacial score (nSPS) is 15.5. The van der Waals surface area contributed by atoms with Crippen molar-refractivity contribution in [2.75, 3.05) is 51.3 Å². The Bertz CT molecular complexity index is 929. The molecule has 3 rings (SSSR count). The molecule has 2 aromatic rings. The van der Waals surface area contributed by atoms with Gasteiger partial charge in [-0.2, -0.15) is 0 Å². The number of hydrogen-bond donors (Lipinski definition) is 1. The maximum atomic E-state index is 13.9. The summed E-state index contributed by atoms with van der Waals surface area (Å²) in [6.07, 6.45) is 0.701. The highest BCUT2D eigenvalue weighted by molar-refractivity contribution is 7.89. The maximum Gasteiger partial charge on any atom is 0.244 e. The Hall–Kier alpha value is -2.16. The third kappa shape index (κ3) is 5.46. The Morgan fingerprint density at radius 2 is 1.83 bits per heavy atom. The molecule has 0 atom stereocenters. The van der Waals surface area contributed by atoms with Gasteiger partial charge in [0.15, 0.2) is 0 Å². The van der Waals surface area contributed by atoms with Gasteiger partial charge in [0.05, 0.1) is 12.8 Å². The molecule has 2 aromatic carbocycles. The second-order valence-electron chi connectivity index (χ2n) is 7.19. The fraction of sp³-hybridized carbons (Fsp3) is 0.429. The van der Waals surface area contributed by atoms with Gasteiger partial charge in [0, 0.05) is 32.7 Å². The molecule has 0 radical (unpaired) electrons. The number of benzene rings is 2. The van der Waals surface area contributed by atoms with Gasteiger partial charge >= 0.3 is 0 Å². The lowest BCUT2D eigenvalue weighted by Gasteiger charge is -2.36. The molecule has 8 heteroatoms. The van der Waals surface area contributed by atoms with E-state index in [0.29, 0.717) is 24.4 Å². The van der Waals surface area contributed by atoms with Crippen molar-refractivity contribution >= 4 is 15.7 Å². The fourth-order valence-electron chi connectivity index (χ4n) is 3.50. The van der Waals surface area contributed by atoms with Crippen molar-refractivity contribution in [3.63, 3.8) is 0 Å². The van der Waals surface area contributed by atoms with E-state index in [9.17, 15) is 12.8 Å². The molecule has 1 aliphatic rings. The van der Waals surface area contributed by atoms with E-state index in [2.05, 4.69) is 14.5 Å². The first kappa shape index (κ1) is 21.5. The molecular formula is C21H28FN3O3S. The molecule has 29 heavy (non-hydrogen) atoms. The number of hydrogen-bond acceptors (Lipinski definition) is 5. The summed E-state index contributed by atoms with van der Waals surface area (Å²) < 4.78 is 47.0. The Morgan fingerprint density at radius 3 is 2.52 bits per heavy atom. The molecule has 0 aliphatic carbocycles. The highest BCUT2D eigenvalue weighted by atomic mass is 32.2. The van der Waals surface area contributed by atoms with E-state index in [1.165, 1.54) is 13.2 Å². The van der Waals surface area contributed by atoms with Crippen molar-refractivity contribution in [1.29, 1.82) is 0 Å². The van der Waals surface area contributed by atoms with Gasteiger partial charge < -0.3 is 9.64 Å². The monoisotopic (exact) mass is 421 g/mol. The topological polar surface area (TPSA) is 61.9 Å². The molecule has 0 saturated carbocycles. The van der Waals surface area contributed by atoms with Gasteiger partial charge in [-0.25, -0.2) is 17.5 Å². The third-order valence-electron chi connectivity index (χ3n) is 5.12. The average molecular weight is 422 g/mol. The van der Waals surface area contributed by atoms with Gasteiger partial charge in [-0.3, -0.25) is 4.90 Å². The first-order chi connectivity index (χ1) is 13.9. The van der Waals surface area contributed by atoms with E-state index in [4.69, 9.17) is 4.74 Å². The van der Waals surface area contributed by atoms with Crippen LogP contribution in [0.25, 0.3) is 0 Å². The number of aryl methyl sites for hydroxylation is 1.